The van der Waals surface area contributed by atoms with Gasteiger partial charge in [-0.15, -0.1) is 11.8 Å². The topological polar surface area (TPSA) is 135 Å². The van der Waals surface area contributed by atoms with Crippen molar-refractivity contribution in [1.29, 1.82) is 0 Å². The van der Waals surface area contributed by atoms with Gasteiger partial charge in [0.25, 0.3) is 11.8 Å². The molecule has 1 unspecified atom stereocenters. The summed E-state index contributed by atoms with van der Waals surface area (Å²) in [4.78, 5) is 41.4. The van der Waals surface area contributed by atoms with Crippen molar-refractivity contribution >= 4 is 58.5 Å². The number of halogens is 1. The number of anilines is 2. The standard InChI is InChI=1S/C39H34ClN3O7S/c1-48-33-21-28(44)18-17-26(33)19-32(43-37(45)25-13-8-5-9-14-25)38(46)41-27-15-10-16-29(20-27)51-36(24-11-6-4-7-12-24)39(47)42-31-22-30(40)34(49-2)23-35(31)50-3/h4-23,36,44H,1-3H3,(H,41,46)(H,42,47)(H,43,45)/b32-19+. The molecular weight excluding hydrogens is 690 g/mol. The van der Waals surface area contributed by atoms with E-state index in [0.29, 0.717) is 49.7 Å². The van der Waals surface area contributed by atoms with Crippen molar-refractivity contribution in [3.8, 4) is 23.0 Å². The summed E-state index contributed by atoms with van der Waals surface area (Å²) in [6.07, 6.45) is 1.46. The van der Waals surface area contributed by atoms with Crippen molar-refractivity contribution in [3.63, 3.8) is 0 Å². The Kier molecular flexibility index (Phi) is 12.2. The molecule has 0 fully saturated rings. The minimum atomic E-state index is -0.717. The van der Waals surface area contributed by atoms with Crippen molar-refractivity contribution < 1.29 is 33.7 Å². The van der Waals surface area contributed by atoms with E-state index in [2.05, 4.69) is 16.0 Å². The Bertz CT molecular complexity index is 2060. The van der Waals surface area contributed by atoms with Crippen LogP contribution in [0.5, 0.6) is 23.0 Å². The average molecular weight is 724 g/mol. The van der Waals surface area contributed by atoms with Crippen molar-refractivity contribution in [2.24, 2.45) is 0 Å². The maximum absolute atomic E-state index is 13.9. The molecule has 1 atom stereocenters. The lowest BCUT2D eigenvalue weighted by Crippen LogP contribution is -2.30. The van der Waals surface area contributed by atoms with Crippen LogP contribution in [0.25, 0.3) is 6.08 Å². The first-order valence-electron chi connectivity index (χ1n) is 15.5. The summed E-state index contributed by atoms with van der Waals surface area (Å²) < 4.78 is 16.1. The second-order valence-electron chi connectivity index (χ2n) is 10.9. The van der Waals surface area contributed by atoms with Crippen molar-refractivity contribution in [2.75, 3.05) is 32.0 Å². The van der Waals surface area contributed by atoms with E-state index < -0.39 is 17.1 Å². The zero-order valence-electron chi connectivity index (χ0n) is 27.8. The van der Waals surface area contributed by atoms with Gasteiger partial charge < -0.3 is 35.3 Å². The van der Waals surface area contributed by atoms with E-state index >= 15 is 0 Å². The number of aromatic hydroxyl groups is 1. The molecule has 0 aliphatic heterocycles. The van der Waals surface area contributed by atoms with Crippen molar-refractivity contribution in [3.05, 3.63) is 143 Å². The first-order chi connectivity index (χ1) is 24.7. The number of amides is 3. The van der Waals surface area contributed by atoms with Gasteiger partial charge in [0.15, 0.2) is 0 Å². The quantitative estimate of drug-likeness (QED) is 0.0710. The molecule has 0 aliphatic rings. The predicted octanol–water partition coefficient (Wildman–Crippen LogP) is 7.95. The summed E-state index contributed by atoms with van der Waals surface area (Å²) in [7, 11) is 4.40. The largest absolute Gasteiger partial charge is 0.508 e. The molecule has 0 saturated heterocycles. The molecule has 0 radical (unpaired) electrons. The number of rotatable bonds is 13. The van der Waals surface area contributed by atoms with E-state index in [1.165, 1.54) is 51.3 Å². The van der Waals surface area contributed by atoms with Crippen LogP contribution in [0.4, 0.5) is 11.4 Å². The van der Waals surface area contributed by atoms with Gasteiger partial charge in [-0.25, -0.2) is 0 Å². The number of hydrogen-bond acceptors (Lipinski definition) is 8. The highest BCUT2D eigenvalue weighted by atomic mass is 35.5. The summed E-state index contributed by atoms with van der Waals surface area (Å²) >= 11 is 7.63. The Labute approximate surface area is 304 Å². The number of phenols is 1. The van der Waals surface area contributed by atoms with Crippen LogP contribution in [0, 0.1) is 0 Å². The fourth-order valence-corrected chi connectivity index (χ4v) is 6.28. The van der Waals surface area contributed by atoms with E-state index in [9.17, 15) is 19.5 Å². The van der Waals surface area contributed by atoms with Crippen LogP contribution in [-0.2, 0) is 9.59 Å². The molecule has 5 rings (SSSR count). The third-order valence-corrected chi connectivity index (χ3v) is 9.01. The first-order valence-corrected chi connectivity index (χ1v) is 16.7. The minimum Gasteiger partial charge on any atom is -0.508 e. The summed E-state index contributed by atoms with van der Waals surface area (Å²) in [5, 5.41) is 18.0. The molecule has 3 amide bonds. The highest BCUT2D eigenvalue weighted by molar-refractivity contribution is 8.00. The predicted molar refractivity (Wildman–Crippen MR) is 200 cm³/mol. The lowest BCUT2D eigenvalue weighted by Gasteiger charge is -2.19. The van der Waals surface area contributed by atoms with Gasteiger partial charge in [-0.3, -0.25) is 14.4 Å². The number of nitrogens with one attached hydrogen (secondary N) is 3. The number of carbonyl (C=O) groups is 3. The van der Waals surface area contributed by atoms with Gasteiger partial charge in [0.2, 0.25) is 5.91 Å². The van der Waals surface area contributed by atoms with E-state index in [-0.39, 0.29) is 17.4 Å². The SMILES string of the molecule is COc1cc(OC)c(NC(=O)C(Sc2cccc(NC(=O)/C(=C\c3ccc(O)cc3OC)NC(=O)c3ccccc3)c2)c2ccccc2)cc1Cl. The van der Waals surface area contributed by atoms with Gasteiger partial charge >= 0.3 is 0 Å². The normalized spacial score (nSPS) is 11.6. The minimum absolute atomic E-state index is 0.0212. The zero-order chi connectivity index (χ0) is 36.3. The molecular formula is C39H34ClN3O7S. The second-order valence-corrected chi connectivity index (χ2v) is 12.5. The van der Waals surface area contributed by atoms with E-state index in [0.717, 1.165) is 5.56 Å². The van der Waals surface area contributed by atoms with Gasteiger partial charge in [-0.2, -0.15) is 0 Å². The molecule has 0 saturated carbocycles. The number of carbonyl (C=O) groups excluding carboxylic acids is 3. The van der Waals surface area contributed by atoms with Gasteiger partial charge in [-0.1, -0.05) is 66.2 Å². The number of phenolic OH excluding ortho intramolecular Hbond substituents is 1. The molecule has 0 heterocycles. The highest BCUT2D eigenvalue weighted by Gasteiger charge is 2.24. The highest BCUT2D eigenvalue weighted by Crippen LogP contribution is 2.40. The van der Waals surface area contributed by atoms with Crippen LogP contribution in [0.2, 0.25) is 5.02 Å². The van der Waals surface area contributed by atoms with Gasteiger partial charge in [-0.05, 0) is 60.2 Å². The summed E-state index contributed by atoms with van der Waals surface area (Å²) in [5.41, 5.74) is 2.26. The Balaban J connectivity index is 1.41. The van der Waals surface area contributed by atoms with Crippen molar-refractivity contribution in [2.45, 2.75) is 10.1 Å². The molecule has 0 bridgehead atoms. The van der Waals surface area contributed by atoms with Crippen LogP contribution in [0.15, 0.2) is 126 Å². The van der Waals surface area contributed by atoms with Crippen LogP contribution in [-0.4, -0.2) is 44.2 Å². The molecule has 0 spiro atoms. The second kappa shape index (κ2) is 17.1. The van der Waals surface area contributed by atoms with E-state index in [1.54, 1.807) is 66.7 Å². The Morgan fingerprint density at radius 1 is 0.745 bits per heavy atom. The van der Waals surface area contributed by atoms with E-state index in [4.69, 9.17) is 25.8 Å². The smallest absolute Gasteiger partial charge is 0.272 e. The Hall–Kier alpha value is -5.91. The number of thioether (sulfide) groups is 1. The molecule has 5 aromatic carbocycles. The van der Waals surface area contributed by atoms with Gasteiger partial charge in [0.1, 0.15) is 33.9 Å². The van der Waals surface area contributed by atoms with Crippen LogP contribution >= 0.6 is 23.4 Å². The molecule has 10 nitrogen and oxygen atoms in total. The average Bonchev–Trinajstić information content (AvgIpc) is 3.15. The third-order valence-electron chi connectivity index (χ3n) is 7.46. The monoisotopic (exact) mass is 723 g/mol. The molecule has 12 heteroatoms. The summed E-state index contributed by atoms with van der Waals surface area (Å²) in [5.74, 6) is -0.391. The third kappa shape index (κ3) is 9.41. The summed E-state index contributed by atoms with van der Waals surface area (Å²) in [6.45, 7) is 0. The number of ether oxygens (including phenoxy) is 3. The molecule has 0 aromatic heterocycles. The Morgan fingerprint density at radius 2 is 1.43 bits per heavy atom. The first kappa shape index (κ1) is 36.4. The van der Waals surface area contributed by atoms with Crippen LogP contribution in [0.1, 0.15) is 26.7 Å². The molecule has 4 N–H and O–H groups in total. The van der Waals surface area contributed by atoms with E-state index in [1.807, 2.05) is 36.4 Å². The number of benzene rings is 5. The molecule has 51 heavy (non-hydrogen) atoms. The lowest BCUT2D eigenvalue weighted by atomic mass is 10.1. The zero-order valence-corrected chi connectivity index (χ0v) is 29.4. The van der Waals surface area contributed by atoms with Gasteiger partial charge in [0, 0.05) is 33.8 Å². The Morgan fingerprint density at radius 3 is 2.12 bits per heavy atom. The molecule has 5 aromatic rings. The molecule has 0 aliphatic carbocycles. The van der Waals surface area contributed by atoms with Crippen molar-refractivity contribution in [1.82, 2.24) is 5.32 Å². The fourth-order valence-electron chi connectivity index (χ4n) is 4.96. The number of hydrogen-bond donors (Lipinski definition) is 4. The van der Waals surface area contributed by atoms with Crippen LogP contribution < -0.4 is 30.2 Å². The molecule has 260 valence electrons. The van der Waals surface area contributed by atoms with Gasteiger partial charge in [0.05, 0.1) is 32.0 Å². The number of methoxy groups -OCH3 is 3. The lowest BCUT2D eigenvalue weighted by molar-refractivity contribution is -0.116. The maximum atomic E-state index is 13.9. The fraction of sp³-hybridized carbons (Fsp3) is 0.103. The maximum Gasteiger partial charge on any atom is 0.272 e. The summed E-state index contributed by atoms with van der Waals surface area (Å²) in [6, 6.07) is 32.3. The van der Waals surface area contributed by atoms with Crippen LogP contribution in [0.3, 0.4) is 0 Å².